The van der Waals surface area contributed by atoms with Crippen LogP contribution in [0.3, 0.4) is 0 Å². The van der Waals surface area contributed by atoms with Gasteiger partial charge in [-0.1, -0.05) is 5.16 Å². The fourth-order valence-electron chi connectivity index (χ4n) is 1.86. The zero-order chi connectivity index (χ0) is 14.9. The number of hydrogen-bond acceptors (Lipinski definition) is 5. The van der Waals surface area contributed by atoms with Gasteiger partial charge in [-0.05, 0) is 31.7 Å². The molecule has 0 unspecified atom stereocenters. The van der Waals surface area contributed by atoms with Crippen LogP contribution in [0.25, 0.3) is 0 Å². The highest BCUT2D eigenvalue weighted by atomic mass is 32.1. The fraction of sp³-hybridized carbons (Fsp3) is 0.308. The molecule has 0 fully saturated rings. The van der Waals surface area contributed by atoms with E-state index >= 15 is 0 Å². The summed E-state index contributed by atoms with van der Waals surface area (Å²) in [6, 6.07) is 0. The molecule has 7 heteroatoms. The predicted molar refractivity (Wildman–Crippen MR) is 74.3 cm³/mol. The van der Waals surface area contributed by atoms with Crippen molar-refractivity contribution in [1.29, 1.82) is 0 Å². The Morgan fingerprint density at radius 3 is 2.65 bits per heavy atom. The van der Waals surface area contributed by atoms with Crippen LogP contribution in [-0.2, 0) is 11.2 Å². The van der Waals surface area contributed by atoms with Crippen LogP contribution in [0, 0.1) is 20.8 Å². The van der Waals surface area contributed by atoms with Crippen LogP contribution in [-0.4, -0.2) is 22.1 Å². The van der Waals surface area contributed by atoms with Gasteiger partial charge < -0.3 is 14.9 Å². The number of aromatic carboxylic acids is 1. The lowest BCUT2D eigenvalue weighted by Gasteiger charge is -2.06. The average Bonchev–Trinajstić information content (AvgIpc) is 2.88. The summed E-state index contributed by atoms with van der Waals surface area (Å²) in [7, 11) is 0. The van der Waals surface area contributed by atoms with E-state index in [1.54, 1.807) is 26.2 Å². The Bertz CT molecular complexity index is 652. The van der Waals surface area contributed by atoms with Crippen molar-refractivity contribution in [3.05, 3.63) is 32.8 Å². The lowest BCUT2D eigenvalue weighted by molar-refractivity contribution is -0.115. The smallest absolute Gasteiger partial charge is 0.348 e. The van der Waals surface area contributed by atoms with Crippen LogP contribution in [0.2, 0.25) is 0 Å². The molecule has 2 N–H and O–H groups in total. The number of carboxylic acid groups (broad SMARTS) is 1. The Labute approximate surface area is 119 Å². The second kappa shape index (κ2) is 5.46. The minimum atomic E-state index is -1.05. The molecule has 0 aliphatic rings. The first-order chi connectivity index (χ1) is 9.40. The van der Waals surface area contributed by atoms with E-state index in [9.17, 15) is 9.59 Å². The molecule has 106 valence electrons. The van der Waals surface area contributed by atoms with Gasteiger partial charge in [-0.3, -0.25) is 4.79 Å². The molecule has 20 heavy (non-hydrogen) atoms. The fourth-order valence-corrected chi connectivity index (χ4v) is 2.70. The minimum absolute atomic E-state index is 0.107. The number of carboxylic acids is 1. The summed E-state index contributed by atoms with van der Waals surface area (Å²) in [6.07, 6.45) is 0.107. The van der Waals surface area contributed by atoms with Crippen LogP contribution < -0.4 is 5.32 Å². The number of hydrogen-bond donors (Lipinski definition) is 2. The molecule has 2 rings (SSSR count). The molecule has 0 radical (unpaired) electrons. The minimum Gasteiger partial charge on any atom is -0.477 e. The molecule has 0 saturated carbocycles. The van der Waals surface area contributed by atoms with E-state index < -0.39 is 5.97 Å². The van der Waals surface area contributed by atoms with Gasteiger partial charge in [-0.2, -0.15) is 0 Å². The van der Waals surface area contributed by atoms with E-state index in [0.717, 1.165) is 22.5 Å². The summed E-state index contributed by atoms with van der Waals surface area (Å²) < 4.78 is 4.99. The molecule has 2 aromatic rings. The third-order valence-corrected chi connectivity index (χ3v) is 4.04. The van der Waals surface area contributed by atoms with Crippen molar-refractivity contribution in [3.8, 4) is 0 Å². The quantitative estimate of drug-likeness (QED) is 0.904. The van der Waals surface area contributed by atoms with Crippen molar-refractivity contribution in [2.75, 3.05) is 5.32 Å². The van der Waals surface area contributed by atoms with Crippen LogP contribution >= 0.6 is 11.3 Å². The molecule has 0 atom stereocenters. The maximum absolute atomic E-state index is 12.0. The van der Waals surface area contributed by atoms with E-state index in [-0.39, 0.29) is 17.2 Å². The highest BCUT2D eigenvalue weighted by molar-refractivity contribution is 7.12. The Balaban J connectivity index is 2.17. The van der Waals surface area contributed by atoms with Gasteiger partial charge in [0.25, 0.3) is 0 Å². The molecule has 0 bridgehead atoms. The largest absolute Gasteiger partial charge is 0.477 e. The molecule has 0 aliphatic heterocycles. The first kappa shape index (κ1) is 14.3. The molecule has 2 aromatic heterocycles. The number of aromatic nitrogens is 1. The third-order valence-electron chi connectivity index (χ3n) is 2.95. The van der Waals surface area contributed by atoms with Crippen molar-refractivity contribution in [2.45, 2.75) is 27.2 Å². The number of rotatable bonds is 4. The second-order valence-electron chi connectivity index (χ2n) is 4.46. The Kier molecular flexibility index (Phi) is 3.89. The Hall–Kier alpha value is -2.15. The lowest BCUT2D eigenvalue weighted by atomic mass is 10.1. The highest BCUT2D eigenvalue weighted by Crippen LogP contribution is 2.27. The lowest BCUT2D eigenvalue weighted by Crippen LogP contribution is -2.17. The third kappa shape index (κ3) is 2.72. The number of thiophene rings is 1. The van der Waals surface area contributed by atoms with E-state index in [1.807, 2.05) is 0 Å². The first-order valence-electron chi connectivity index (χ1n) is 5.93. The summed E-state index contributed by atoms with van der Waals surface area (Å²) in [5.41, 5.74) is 2.49. The summed E-state index contributed by atoms with van der Waals surface area (Å²) in [5, 5.41) is 17.2. The van der Waals surface area contributed by atoms with Gasteiger partial charge in [0, 0.05) is 5.56 Å². The number of amides is 1. The molecule has 0 aromatic carbocycles. The zero-order valence-corrected chi connectivity index (χ0v) is 12.1. The standard InChI is InChI=1S/C13H14N2O4S/c1-6-5-20-12(13(17)18)11(6)14-10(16)4-9-7(2)15-19-8(9)3/h5H,4H2,1-3H3,(H,14,16)(H,17,18). The maximum atomic E-state index is 12.0. The molecular weight excluding hydrogens is 280 g/mol. The van der Waals surface area contributed by atoms with Gasteiger partial charge in [0.05, 0.1) is 17.8 Å². The average molecular weight is 294 g/mol. The number of carbonyl (C=O) groups excluding carboxylic acids is 1. The molecular formula is C13H14N2O4S. The second-order valence-corrected chi connectivity index (χ2v) is 5.34. The van der Waals surface area contributed by atoms with Crippen LogP contribution in [0.5, 0.6) is 0 Å². The van der Waals surface area contributed by atoms with Crippen molar-refractivity contribution in [2.24, 2.45) is 0 Å². The number of aryl methyl sites for hydroxylation is 3. The Morgan fingerprint density at radius 2 is 2.10 bits per heavy atom. The number of carbonyl (C=O) groups is 2. The van der Waals surface area contributed by atoms with Gasteiger partial charge in [0.1, 0.15) is 10.6 Å². The molecule has 1 amide bonds. The molecule has 0 aliphatic carbocycles. The summed E-state index contributed by atoms with van der Waals surface area (Å²) in [4.78, 5) is 23.3. The van der Waals surface area contributed by atoms with Crippen LogP contribution in [0.15, 0.2) is 9.90 Å². The SMILES string of the molecule is Cc1csc(C(=O)O)c1NC(=O)Cc1c(C)noc1C. The summed E-state index contributed by atoms with van der Waals surface area (Å²) >= 11 is 1.10. The van der Waals surface area contributed by atoms with Crippen LogP contribution in [0.1, 0.15) is 32.3 Å². The zero-order valence-electron chi connectivity index (χ0n) is 11.3. The molecule has 2 heterocycles. The van der Waals surface area contributed by atoms with Gasteiger partial charge in [-0.25, -0.2) is 4.79 Å². The monoisotopic (exact) mass is 294 g/mol. The highest BCUT2D eigenvalue weighted by Gasteiger charge is 2.19. The number of nitrogens with one attached hydrogen (secondary N) is 1. The molecule has 0 spiro atoms. The topological polar surface area (TPSA) is 92.4 Å². The van der Waals surface area contributed by atoms with Crippen molar-refractivity contribution in [3.63, 3.8) is 0 Å². The van der Waals surface area contributed by atoms with Crippen molar-refractivity contribution >= 4 is 28.9 Å². The van der Waals surface area contributed by atoms with E-state index in [4.69, 9.17) is 9.63 Å². The van der Waals surface area contributed by atoms with E-state index in [1.165, 1.54) is 0 Å². The van der Waals surface area contributed by atoms with Crippen LogP contribution in [0.4, 0.5) is 5.69 Å². The normalized spacial score (nSPS) is 10.6. The number of nitrogens with zero attached hydrogens (tertiary/aromatic N) is 1. The molecule has 6 nitrogen and oxygen atoms in total. The van der Waals surface area contributed by atoms with Crippen molar-refractivity contribution in [1.82, 2.24) is 5.16 Å². The number of anilines is 1. The summed E-state index contributed by atoms with van der Waals surface area (Å²) in [6.45, 7) is 5.26. The van der Waals surface area contributed by atoms with Gasteiger partial charge in [0.2, 0.25) is 5.91 Å². The maximum Gasteiger partial charge on any atom is 0.348 e. The summed E-state index contributed by atoms with van der Waals surface area (Å²) in [5.74, 6) is -0.739. The van der Waals surface area contributed by atoms with E-state index in [2.05, 4.69) is 10.5 Å². The van der Waals surface area contributed by atoms with Crippen molar-refractivity contribution < 1.29 is 19.2 Å². The van der Waals surface area contributed by atoms with Gasteiger partial charge in [-0.15, -0.1) is 11.3 Å². The Morgan fingerprint density at radius 1 is 1.40 bits per heavy atom. The van der Waals surface area contributed by atoms with Gasteiger partial charge >= 0.3 is 5.97 Å². The predicted octanol–water partition coefficient (Wildman–Crippen LogP) is 2.54. The van der Waals surface area contributed by atoms with E-state index in [0.29, 0.717) is 17.1 Å². The first-order valence-corrected chi connectivity index (χ1v) is 6.81. The molecule has 0 saturated heterocycles. The van der Waals surface area contributed by atoms with Gasteiger partial charge in [0.15, 0.2) is 0 Å².